The molecule has 1 aromatic carbocycles. The molecule has 7 heteroatoms. The maximum absolute atomic E-state index is 11.9. The van der Waals surface area contributed by atoms with E-state index in [0.29, 0.717) is 19.6 Å². The Balaban J connectivity index is 1.88. The number of thioether (sulfide) groups is 1. The van der Waals surface area contributed by atoms with Crippen LogP contribution >= 0.6 is 11.8 Å². The molecular formula is C18H23N3O3S. The van der Waals surface area contributed by atoms with Crippen molar-refractivity contribution >= 4 is 34.6 Å². The van der Waals surface area contributed by atoms with Gasteiger partial charge in [-0.1, -0.05) is 30.0 Å². The number of imide groups is 1. The number of aromatic nitrogens is 1. The maximum atomic E-state index is 11.9. The highest BCUT2D eigenvalue weighted by atomic mass is 32.2. The quantitative estimate of drug-likeness (QED) is 0.585. The van der Waals surface area contributed by atoms with Crippen LogP contribution in [-0.4, -0.2) is 42.9 Å². The minimum absolute atomic E-state index is 0.134. The molecule has 0 atom stereocenters. The van der Waals surface area contributed by atoms with E-state index in [1.54, 1.807) is 7.11 Å². The minimum atomic E-state index is -0.486. The van der Waals surface area contributed by atoms with Crippen LogP contribution in [0.1, 0.15) is 17.5 Å². The average Bonchev–Trinajstić information content (AvgIpc) is 2.58. The molecule has 0 spiro atoms. The summed E-state index contributed by atoms with van der Waals surface area (Å²) in [6.45, 7) is 5.08. The number of pyridine rings is 1. The second-order valence-electron chi connectivity index (χ2n) is 5.69. The Hall–Kier alpha value is -2.12. The van der Waals surface area contributed by atoms with Crippen LogP contribution in [0.4, 0.5) is 4.79 Å². The number of carbonyl (C=O) groups is 2. The number of ether oxygens (including phenoxy) is 1. The van der Waals surface area contributed by atoms with Gasteiger partial charge in [0.2, 0.25) is 5.91 Å². The van der Waals surface area contributed by atoms with Gasteiger partial charge in [0, 0.05) is 25.6 Å². The van der Waals surface area contributed by atoms with E-state index in [1.165, 1.54) is 11.8 Å². The van der Waals surface area contributed by atoms with Gasteiger partial charge in [-0.15, -0.1) is 0 Å². The first kappa shape index (κ1) is 19.2. The third kappa shape index (κ3) is 5.72. The first-order valence-electron chi connectivity index (χ1n) is 8.07. The van der Waals surface area contributed by atoms with Crippen molar-refractivity contribution in [2.75, 3.05) is 26.0 Å². The standard InChI is InChI=1S/C18H23N3O3S/c1-12-6-4-7-14-13(2)10-16(21-17(12)14)25-11-15(22)20-18(23)19-8-5-9-24-3/h4,6-7,10H,5,8-9,11H2,1-3H3,(H2,19,20,22,23). The van der Waals surface area contributed by atoms with Crippen LogP contribution in [0.25, 0.3) is 10.9 Å². The Morgan fingerprint density at radius 1 is 1.24 bits per heavy atom. The Morgan fingerprint density at radius 3 is 2.80 bits per heavy atom. The van der Waals surface area contributed by atoms with Crippen LogP contribution in [0, 0.1) is 13.8 Å². The molecule has 0 bridgehead atoms. The van der Waals surface area contributed by atoms with E-state index in [-0.39, 0.29) is 11.7 Å². The minimum Gasteiger partial charge on any atom is -0.385 e. The van der Waals surface area contributed by atoms with Gasteiger partial charge in [0.05, 0.1) is 16.3 Å². The maximum Gasteiger partial charge on any atom is 0.321 e. The van der Waals surface area contributed by atoms with Gasteiger partial charge in [0.25, 0.3) is 0 Å². The zero-order valence-electron chi connectivity index (χ0n) is 14.7. The number of carbonyl (C=O) groups excluding carboxylic acids is 2. The third-order valence-corrected chi connectivity index (χ3v) is 4.55. The molecule has 0 saturated carbocycles. The summed E-state index contributed by atoms with van der Waals surface area (Å²) in [5.41, 5.74) is 3.16. The van der Waals surface area contributed by atoms with E-state index in [4.69, 9.17) is 4.74 Å². The van der Waals surface area contributed by atoms with Crippen molar-refractivity contribution in [2.45, 2.75) is 25.3 Å². The first-order chi connectivity index (χ1) is 12.0. The fraction of sp³-hybridized carbons (Fsp3) is 0.389. The van der Waals surface area contributed by atoms with Crippen molar-refractivity contribution < 1.29 is 14.3 Å². The number of methoxy groups -OCH3 is 1. The average molecular weight is 361 g/mol. The molecular weight excluding hydrogens is 338 g/mol. The van der Waals surface area contributed by atoms with Gasteiger partial charge >= 0.3 is 6.03 Å². The number of benzene rings is 1. The van der Waals surface area contributed by atoms with E-state index in [0.717, 1.165) is 27.1 Å². The summed E-state index contributed by atoms with van der Waals surface area (Å²) in [5.74, 6) is -0.214. The number of fused-ring (bicyclic) bond motifs is 1. The van der Waals surface area contributed by atoms with Crippen molar-refractivity contribution in [3.63, 3.8) is 0 Å². The lowest BCUT2D eigenvalue weighted by atomic mass is 10.1. The summed E-state index contributed by atoms with van der Waals surface area (Å²) >= 11 is 1.32. The van der Waals surface area contributed by atoms with Gasteiger partial charge in [0.1, 0.15) is 0 Å². The molecule has 2 N–H and O–H groups in total. The van der Waals surface area contributed by atoms with E-state index >= 15 is 0 Å². The van der Waals surface area contributed by atoms with E-state index in [2.05, 4.69) is 15.6 Å². The zero-order chi connectivity index (χ0) is 18.2. The van der Waals surface area contributed by atoms with Crippen molar-refractivity contribution in [1.82, 2.24) is 15.6 Å². The summed E-state index contributed by atoms with van der Waals surface area (Å²) < 4.78 is 4.89. The van der Waals surface area contributed by atoms with Gasteiger partial charge in [0.15, 0.2) is 0 Å². The fourth-order valence-corrected chi connectivity index (χ4v) is 3.14. The number of nitrogens with zero attached hydrogens (tertiary/aromatic N) is 1. The van der Waals surface area contributed by atoms with Gasteiger partial charge in [-0.25, -0.2) is 9.78 Å². The normalized spacial score (nSPS) is 10.7. The number of para-hydroxylation sites is 1. The first-order valence-corrected chi connectivity index (χ1v) is 9.06. The van der Waals surface area contributed by atoms with E-state index in [1.807, 2.05) is 38.1 Å². The molecule has 0 radical (unpaired) electrons. The molecule has 25 heavy (non-hydrogen) atoms. The molecule has 2 rings (SSSR count). The highest BCUT2D eigenvalue weighted by Crippen LogP contribution is 2.25. The highest BCUT2D eigenvalue weighted by molar-refractivity contribution is 7.99. The smallest absolute Gasteiger partial charge is 0.321 e. The van der Waals surface area contributed by atoms with Crippen LogP contribution in [-0.2, 0) is 9.53 Å². The SMILES string of the molecule is COCCCNC(=O)NC(=O)CSc1cc(C)c2cccc(C)c2n1. The van der Waals surface area contributed by atoms with E-state index < -0.39 is 6.03 Å². The van der Waals surface area contributed by atoms with Gasteiger partial charge in [-0.3, -0.25) is 10.1 Å². The second-order valence-corrected chi connectivity index (χ2v) is 6.68. The van der Waals surface area contributed by atoms with Crippen molar-refractivity contribution in [3.8, 4) is 0 Å². The predicted octanol–water partition coefficient (Wildman–Crippen LogP) is 2.81. The number of urea groups is 1. The van der Waals surface area contributed by atoms with Gasteiger partial charge < -0.3 is 10.1 Å². The molecule has 0 unspecified atom stereocenters. The third-order valence-electron chi connectivity index (χ3n) is 3.64. The predicted molar refractivity (Wildman–Crippen MR) is 100.0 cm³/mol. The summed E-state index contributed by atoms with van der Waals surface area (Å²) in [6, 6.07) is 7.55. The van der Waals surface area contributed by atoms with Crippen molar-refractivity contribution in [1.29, 1.82) is 0 Å². The number of rotatable bonds is 7. The van der Waals surface area contributed by atoms with Gasteiger partial charge in [-0.2, -0.15) is 0 Å². The Labute approximate surface area is 151 Å². The van der Waals surface area contributed by atoms with Crippen LogP contribution in [0.2, 0.25) is 0 Å². The number of amides is 3. The molecule has 134 valence electrons. The number of hydrogen-bond acceptors (Lipinski definition) is 5. The molecule has 1 heterocycles. The lowest BCUT2D eigenvalue weighted by molar-refractivity contribution is -0.117. The van der Waals surface area contributed by atoms with E-state index in [9.17, 15) is 9.59 Å². The Bertz CT molecular complexity index is 765. The molecule has 1 aromatic heterocycles. The summed E-state index contributed by atoms with van der Waals surface area (Å²) in [5, 5.41) is 6.81. The van der Waals surface area contributed by atoms with Crippen LogP contribution in [0.15, 0.2) is 29.3 Å². The van der Waals surface area contributed by atoms with Crippen LogP contribution in [0.3, 0.4) is 0 Å². The summed E-state index contributed by atoms with van der Waals surface area (Å²) in [6.07, 6.45) is 0.701. The Kier molecular flexibility index (Phi) is 7.21. The molecule has 3 amide bonds. The number of aryl methyl sites for hydroxylation is 2. The number of nitrogens with one attached hydrogen (secondary N) is 2. The Morgan fingerprint density at radius 2 is 2.04 bits per heavy atom. The largest absolute Gasteiger partial charge is 0.385 e. The molecule has 0 saturated heterocycles. The lowest BCUT2D eigenvalue weighted by Gasteiger charge is -2.09. The van der Waals surface area contributed by atoms with Crippen LogP contribution in [0.5, 0.6) is 0 Å². The van der Waals surface area contributed by atoms with Crippen molar-refractivity contribution in [3.05, 3.63) is 35.4 Å². The van der Waals surface area contributed by atoms with Crippen LogP contribution < -0.4 is 10.6 Å². The number of hydrogen-bond donors (Lipinski definition) is 2. The lowest BCUT2D eigenvalue weighted by Crippen LogP contribution is -2.40. The molecule has 0 fully saturated rings. The summed E-state index contributed by atoms with van der Waals surface area (Å²) in [7, 11) is 1.60. The molecule has 0 aliphatic carbocycles. The highest BCUT2D eigenvalue weighted by Gasteiger charge is 2.10. The van der Waals surface area contributed by atoms with Crippen molar-refractivity contribution in [2.24, 2.45) is 0 Å². The summed E-state index contributed by atoms with van der Waals surface area (Å²) in [4.78, 5) is 28.1. The zero-order valence-corrected chi connectivity index (χ0v) is 15.5. The molecule has 0 aliphatic rings. The van der Waals surface area contributed by atoms with Gasteiger partial charge in [-0.05, 0) is 37.5 Å². The monoisotopic (exact) mass is 361 g/mol. The molecule has 6 nitrogen and oxygen atoms in total. The topological polar surface area (TPSA) is 80.3 Å². The fourth-order valence-electron chi connectivity index (χ4n) is 2.37. The second kappa shape index (κ2) is 9.39. The molecule has 0 aliphatic heterocycles. The molecule has 2 aromatic rings.